The molecular formula is C9H17N5O2. The van der Waals surface area contributed by atoms with Crippen LogP contribution in [0.3, 0.4) is 0 Å². The van der Waals surface area contributed by atoms with E-state index in [0.717, 1.165) is 0 Å². The highest BCUT2D eigenvalue weighted by atomic mass is 16.5. The van der Waals surface area contributed by atoms with Crippen molar-refractivity contribution < 1.29 is 9.84 Å². The standard InChI is InChI=1S/C9H17N5O2/c1-4-14(5-6-15)8-11-7(10-2)12-9(13-8)16-3/h15H,4-6H2,1-3H3,(H,10,11,12,13). The van der Waals surface area contributed by atoms with Crippen LogP contribution in [0.5, 0.6) is 6.01 Å². The minimum absolute atomic E-state index is 0.0523. The summed E-state index contributed by atoms with van der Waals surface area (Å²) in [5, 5.41) is 11.8. The Morgan fingerprint density at radius 1 is 1.38 bits per heavy atom. The van der Waals surface area contributed by atoms with E-state index in [0.29, 0.717) is 25.0 Å². The zero-order valence-electron chi connectivity index (χ0n) is 9.77. The van der Waals surface area contributed by atoms with Crippen LogP contribution < -0.4 is 15.0 Å². The van der Waals surface area contributed by atoms with Crippen molar-refractivity contribution >= 4 is 11.9 Å². The molecule has 0 unspecified atom stereocenters. The van der Waals surface area contributed by atoms with Gasteiger partial charge in [-0.05, 0) is 6.92 Å². The molecule has 1 rings (SSSR count). The Labute approximate surface area is 94.5 Å². The van der Waals surface area contributed by atoms with E-state index in [-0.39, 0.29) is 12.6 Å². The molecule has 2 N–H and O–H groups in total. The normalized spacial score (nSPS) is 10.0. The lowest BCUT2D eigenvalue weighted by atomic mass is 10.5. The van der Waals surface area contributed by atoms with Gasteiger partial charge in [0.1, 0.15) is 0 Å². The Balaban J connectivity index is 3.00. The second-order valence-corrected chi connectivity index (χ2v) is 3.00. The molecule has 0 amide bonds. The van der Waals surface area contributed by atoms with Crippen LogP contribution in [0.25, 0.3) is 0 Å². The van der Waals surface area contributed by atoms with Gasteiger partial charge in [-0.2, -0.15) is 15.0 Å². The molecule has 0 saturated heterocycles. The van der Waals surface area contributed by atoms with E-state index < -0.39 is 0 Å². The molecule has 0 aromatic carbocycles. The Morgan fingerprint density at radius 3 is 2.62 bits per heavy atom. The Bertz CT molecular complexity index is 311. The van der Waals surface area contributed by atoms with E-state index in [9.17, 15) is 0 Å². The number of likely N-dealkylation sites (N-methyl/N-ethyl adjacent to an activating group) is 1. The molecule has 7 heteroatoms. The Kier molecular flexibility index (Phi) is 4.71. The fourth-order valence-electron chi connectivity index (χ4n) is 1.21. The summed E-state index contributed by atoms with van der Waals surface area (Å²) in [6, 6.07) is 0.255. The summed E-state index contributed by atoms with van der Waals surface area (Å²) in [4.78, 5) is 14.2. The minimum atomic E-state index is 0.0523. The van der Waals surface area contributed by atoms with Crippen molar-refractivity contribution in [1.29, 1.82) is 0 Å². The quantitative estimate of drug-likeness (QED) is 0.692. The van der Waals surface area contributed by atoms with Crippen LogP contribution in [0.15, 0.2) is 0 Å². The van der Waals surface area contributed by atoms with Crippen LogP contribution in [0.4, 0.5) is 11.9 Å². The first-order chi connectivity index (χ1) is 7.74. The average Bonchev–Trinajstić information content (AvgIpc) is 2.35. The topological polar surface area (TPSA) is 83.4 Å². The highest BCUT2D eigenvalue weighted by molar-refractivity contribution is 5.37. The van der Waals surface area contributed by atoms with E-state index in [2.05, 4.69) is 20.3 Å². The van der Waals surface area contributed by atoms with Gasteiger partial charge in [0.05, 0.1) is 13.7 Å². The lowest BCUT2D eigenvalue weighted by Gasteiger charge is -2.19. The van der Waals surface area contributed by atoms with Crippen molar-refractivity contribution in [2.45, 2.75) is 6.92 Å². The predicted octanol–water partition coefficient (Wildman–Crippen LogP) is -0.260. The molecular weight excluding hydrogens is 210 g/mol. The summed E-state index contributed by atoms with van der Waals surface area (Å²) in [5.74, 6) is 0.936. The average molecular weight is 227 g/mol. The minimum Gasteiger partial charge on any atom is -0.467 e. The highest BCUT2D eigenvalue weighted by Gasteiger charge is 2.11. The number of aliphatic hydroxyl groups excluding tert-OH is 1. The molecule has 0 atom stereocenters. The molecule has 1 aromatic rings. The van der Waals surface area contributed by atoms with Gasteiger partial charge in [-0.15, -0.1) is 0 Å². The van der Waals surface area contributed by atoms with E-state index in [1.807, 2.05) is 11.8 Å². The number of rotatable bonds is 6. The Morgan fingerprint density at radius 2 is 2.12 bits per heavy atom. The fourth-order valence-corrected chi connectivity index (χ4v) is 1.21. The highest BCUT2D eigenvalue weighted by Crippen LogP contribution is 2.13. The lowest BCUT2D eigenvalue weighted by molar-refractivity contribution is 0.301. The van der Waals surface area contributed by atoms with Gasteiger partial charge in [0.15, 0.2) is 0 Å². The predicted molar refractivity (Wildman–Crippen MR) is 60.9 cm³/mol. The van der Waals surface area contributed by atoms with E-state index in [1.54, 1.807) is 7.05 Å². The first-order valence-corrected chi connectivity index (χ1v) is 5.08. The van der Waals surface area contributed by atoms with Crippen LogP contribution in [0.1, 0.15) is 6.92 Å². The molecule has 0 bridgehead atoms. The fraction of sp³-hybridized carbons (Fsp3) is 0.667. The molecule has 0 aliphatic rings. The smallest absolute Gasteiger partial charge is 0.322 e. The maximum Gasteiger partial charge on any atom is 0.322 e. The van der Waals surface area contributed by atoms with Gasteiger partial charge in [0, 0.05) is 20.1 Å². The molecule has 0 fully saturated rings. The van der Waals surface area contributed by atoms with Gasteiger partial charge in [-0.25, -0.2) is 0 Å². The molecule has 0 radical (unpaired) electrons. The number of ether oxygens (including phenoxy) is 1. The maximum absolute atomic E-state index is 8.92. The van der Waals surface area contributed by atoms with E-state index in [4.69, 9.17) is 9.84 Å². The van der Waals surface area contributed by atoms with Crippen LogP contribution in [0.2, 0.25) is 0 Å². The summed E-state index contributed by atoms with van der Waals surface area (Å²) in [6.07, 6.45) is 0. The number of aromatic nitrogens is 3. The summed E-state index contributed by atoms with van der Waals surface area (Å²) in [6.45, 7) is 3.20. The third-order valence-electron chi connectivity index (χ3n) is 2.04. The van der Waals surface area contributed by atoms with Crippen molar-refractivity contribution in [3.8, 4) is 6.01 Å². The summed E-state index contributed by atoms with van der Waals surface area (Å²) >= 11 is 0. The molecule has 0 aliphatic heterocycles. The third kappa shape index (κ3) is 2.93. The van der Waals surface area contributed by atoms with Crippen molar-refractivity contribution in [2.75, 3.05) is 44.1 Å². The van der Waals surface area contributed by atoms with E-state index in [1.165, 1.54) is 7.11 Å². The lowest BCUT2D eigenvalue weighted by Crippen LogP contribution is -2.28. The number of anilines is 2. The number of hydrogen-bond acceptors (Lipinski definition) is 7. The third-order valence-corrected chi connectivity index (χ3v) is 2.04. The number of nitrogens with one attached hydrogen (secondary N) is 1. The molecule has 7 nitrogen and oxygen atoms in total. The largest absolute Gasteiger partial charge is 0.467 e. The first-order valence-electron chi connectivity index (χ1n) is 5.08. The van der Waals surface area contributed by atoms with Gasteiger partial charge in [0.25, 0.3) is 0 Å². The summed E-state index contributed by atoms with van der Waals surface area (Å²) in [7, 11) is 3.22. The number of nitrogens with zero attached hydrogens (tertiary/aromatic N) is 4. The van der Waals surface area contributed by atoms with Crippen molar-refractivity contribution in [2.24, 2.45) is 0 Å². The second-order valence-electron chi connectivity index (χ2n) is 3.00. The van der Waals surface area contributed by atoms with Gasteiger partial charge in [-0.1, -0.05) is 0 Å². The Hall–Kier alpha value is -1.63. The van der Waals surface area contributed by atoms with Gasteiger partial charge < -0.3 is 20.1 Å². The SMILES string of the molecule is CCN(CCO)c1nc(NC)nc(OC)n1. The molecule has 0 saturated carbocycles. The molecule has 1 heterocycles. The molecule has 16 heavy (non-hydrogen) atoms. The molecule has 1 aromatic heterocycles. The monoisotopic (exact) mass is 227 g/mol. The van der Waals surface area contributed by atoms with Crippen LogP contribution in [0, 0.1) is 0 Å². The second kappa shape index (κ2) is 6.06. The zero-order chi connectivity index (χ0) is 12.0. The van der Waals surface area contributed by atoms with Crippen LogP contribution >= 0.6 is 0 Å². The molecule has 90 valence electrons. The van der Waals surface area contributed by atoms with Crippen molar-refractivity contribution in [3.05, 3.63) is 0 Å². The van der Waals surface area contributed by atoms with Crippen LogP contribution in [-0.4, -0.2) is 53.9 Å². The zero-order valence-corrected chi connectivity index (χ0v) is 9.77. The first kappa shape index (κ1) is 12.4. The van der Waals surface area contributed by atoms with Crippen molar-refractivity contribution in [3.63, 3.8) is 0 Å². The maximum atomic E-state index is 8.92. The van der Waals surface area contributed by atoms with Gasteiger partial charge >= 0.3 is 6.01 Å². The number of hydrogen-bond donors (Lipinski definition) is 2. The van der Waals surface area contributed by atoms with Crippen molar-refractivity contribution in [1.82, 2.24) is 15.0 Å². The van der Waals surface area contributed by atoms with Gasteiger partial charge in [0.2, 0.25) is 11.9 Å². The summed E-state index contributed by atoms with van der Waals surface area (Å²) in [5.41, 5.74) is 0. The number of aliphatic hydroxyl groups is 1. The van der Waals surface area contributed by atoms with E-state index >= 15 is 0 Å². The van der Waals surface area contributed by atoms with Crippen LogP contribution in [-0.2, 0) is 0 Å². The molecule has 0 aliphatic carbocycles. The molecule has 0 spiro atoms. The number of methoxy groups -OCH3 is 1. The van der Waals surface area contributed by atoms with Gasteiger partial charge in [-0.3, -0.25) is 0 Å². The summed E-state index contributed by atoms with van der Waals surface area (Å²) < 4.78 is 4.98.